The third-order valence-corrected chi connectivity index (χ3v) is 3.58. The van der Waals surface area contributed by atoms with Gasteiger partial charge in [-0.25, -0.2) is 4.79 Å². The second-order valence-corrected chi connectivity index (χ2v) is 4.91. The topological polar surface area (TPSA) is 49.7 Å². The van der Waals surface area contributed by atoms with E-state index in [0.29, 0.717) is 6.42 Å². The Morgan fingerprint density at radius 3 is 2.15 bits per heavy atom. The average Bonchev–Trinajstić information content (AvgIpc) is 2.98. The molecule has 1 heterocycles. The van der Waals surface area contributed by atoms with Gasteiger partial charge in [0.15, 0.2) is 0 Å². The maximum atomic E-state index is 10.9. The van der Waals surface area contributed by atoms with Crippen LogP contribution in [-0.2, 0) is 4.79 Å². The molecule has 0 radical (unpaired) electrons. The van der Waals surface area contributed by atoms with Crippen LogP contribution in [0.1, 0.15) is 18.4 Å². The number of nitrogens with zero attached hydrogens (tertiary/aromatic N) is 1. The molecule has 0 aromatic heterocycles. The lowest BCUT2D eigenvalue weighted by molar-refractivity contribution is -0.138. The Kier molecular flexibility index (Phi) is 3.33. The van der Waals surface area contributed by atoms with Crippen LogP contribution in [0.3, 0.4) is 0 Å². The van der Waals surface area contributed by atoms with E-state index in [9.17, 15) is 4.79 Å². The van der Waals surface area contributed by atoms with Gasteiger partial charge in [0.2, 0.25) is 0 Å². The van der Waals surface area contributed by atoms with Crippen molar-refractivity contribution in [3.05, 3.63) is 60.2 Å². The molecular formula is C17H15NO2. The first kappa shape index (κ1) is 12.6. The number of aliphatic imine (C=N–C) groups is 1. The molecule has 1 aliphatic rings. The molecule has 0 saturated heterocycles. The van der Waals surface area contributed by atoms with Crippen LogP contribution in [0, 0.1) is 0 Å². The van der Waals surface area contributed by atoms with Gasteiger partial charge in [0, 0.05) is 5.71 Å². The van der Waals surface area contributed by atoms with Crippen molar-refractivity contribution in [2.75, 3.05) is 0 Å². The Morgan fingerprint density at radius 2 is 1.55 bits per heavy atom. The highest BCUT2D eigenvalue weighted by Crippen LogP contribution is 2.23. The fourth-order valence-electron chi connectivity index (χ4n) is 2.47. The molecule has 3 rings (SSSR count). The van der Waals surface area contributed by atoms with Crippen molar-refractivity contribution in [1.29, 1.82) is 0 Å². The monoisotopic (exact) mass is 265 g/mol. The zero-order valence-corrected chi connectivity index (χ0v) is 11.0. The predicted molar refractivity (Wildman–Crippen MR) is 79.1 cm³/mol. The molecular weight excluding hydrogens is 250 g/mol. The lowest BCUT2D eigenvalue weighted by Crippen LogP contribution is -2.13. The smallest absolute Gasteiger partial charge is 0.328 e. The summed E-state index contributed by atoms with van der Waals surface area (Å²) in [5, 5.41) is 8.96. The summed E-state index contributed by atoms with van der Waals surface area (Å²) in [4.78, 5) is 15.2. The Hall–Kier alpha value is -2.42. The molecule has 0 saturated carbocycles. The van der Waals surface area contributed by atoms with Crippen molar-refractivity contribution < 1.29 is 9.90 Å². The molecule has 2 aromatic carbocycles. The van der Waals surface area contributed by atoms with Gasteiger partial charge in [-0.1, -0.05) is 54.6 Å². The number of carboxylic acid groups (broad SMARTS) is 1. The summed E-state index contributed by atoms with van der Waals surface area (Å²) in [5.74, 6) is -0.832. The van der Waals surface area contributed by atoms with Gasteiger partial charge in [-0.3, -0.25) is 4.99 Å². The van der Waals surface area contributed by atoms with Crippen LogP contribution in [-0.4, -0.2) is 22.8 Å². The number of hydrogen-bond donors (Lipinski definition) is 1. The molecule has 1 N–H and O–H groups in total. The van der Waals surface area contributed by atoms with Gasteiger partial charge in [0.05, 0.1) is 0 Å². The third-order valence-electron chi connectivity index (χ3n) is 3.58. The summed E-state index contributed by atoms with van der Waals surface area (Å²) in [7, 11) is 0. The van der Waals surface area contributed by atoms with Crippen LogP contribution in [0.5, 0.6) is 0 Å². The molecule has 3 nitrogen and oxygen atoms in total. The first-order valence-corrected chi connectivity index (χ1v) is 6.69. The summed E-state index contributed by atoms with van der Waals surface area (Å²) < 4.78 is 0. The number of carbonyl (C=O) groups is 1. The van der Waals surface area contributed by atoms with Gasteiger partial charge in [0.25, 0.3) is 0 Å². The second kappa shape index (κ2) is 5.29. The van der Waals surface area contributed by atoms with Crippen molar-refractivity contribution in [1.82, 2.24) is 0 Å². The van der Waals surface area contributed by atoms with Crippen LogP contribution in [0.25, 0.3) is 11.1 Å². The maximum absolute atomic E-state index is 10.9. The van der Waals surface area contributed by atoms with Crippen LogP contribution in [0.4, 0.5) is 0 Å². The van der Waals surface area contributed by atoms with E-state index < -0.39 is 12.0 Å². The van der Waals surface area contributed by atoms with E-state index >= 15 is 0 Å². The normalized spacial score (nSPS) is 17.8. The minimum Gasteiger partial charge on any atom is -0.480 e. The SMILES string of the molecule is O=C(O)C1CCC(c2ccc(-c3ccccc3)cc2)=N1. The molecule has 1 unspecified atom stereocenters. The van der Waals surface area contributed by atoms with Crippen LogP contribution < -0.4 is 0 Å². The molecule has 20 heavy (non-hydrogen) atoms. The molecule has 0 bridgehead atoms. The maximum Gasteiger partial charge on any atom is 0.328 e. The summed E-state index contributed by atoms with van der Waals surface area (Å²) in [5.41, 5.74) is 4.25. The molecule has 0 fully saturated rings. The number of rotatable bonds is 3. The molecule has 2 aromatic rings. The molecule has 0 spiro atoms. The van der Waals surface area contributed by atoms with Crippen molar-refractivity contribution in [2.24, 2.45) is 4.99 Å². The number of carboxylic acids is 1. The summed E-state index contributed by atoms with van der Waals surface area (Å²) in [6, 6.07) is 17.8. The van der Waals surface area contributed by atoms with Crippen LogP contribution in [0.2, 0.25) is 0 Å². The largest absolute Gasteiger partial charge is 0.480 e. The molecule has 1 aliphatic heterocycles. The van der Waals surface area contributed by atoms with Gasteiger partial charge in [-0.15, -0.1) is 0 Å². The van der Waals surface area contributed by atoms with Crippen molar-refractivity contribution in [2.45, 2.75) is 18.9 Å². The number of aliphatic carboxylic acids is 1. The van der Waals surface area contributed by atoms with E-state index in [1.165, 1.54) is 5.56 Å². The molecule has 0 aliphatic carbocycles. The van der Waals surface area contributed by atoms with E-state index in [1.54, 1.807) is 0 Å². The van der Waals surface area contributed by atoms with E-state index in [0.717, 1.165) is 23.3 Å². The quantitative estimate of drug-likeness (QED) is 0.924. The highest BCUT2D eigenvalue weighted by Gasteiger charge is 2.24. The van der Waals surface area contributed by atoms with E-state index in [4.69, 9.17) is 5.11 Å². The molecule has 0 amide bonds. The lowest BCUT2D eigenvalue weighted by atomic mass is 10.0. The molecule has 1 atom stereocenters. The van der Waals surface area contributed by atoms with Crippen LogP contribution in [0.15, 0.2) is 59.6 Å². The second-order valence-electron chi connectivity index (χ2n) is 4.91. The highest BCUT2D eigenvalue weighted by molar-refractivity contribution is 6.03. The summed E-state index contributed by atoms with van der Waals surface area (Å²) in [6.07, 6.45) is 1.34. The first-order valence-electron chi connectivity index (χ1n) is 6.69. The fourth-order valence-corrected chi connectivity index (χ4v) is 2.47. The minimum absolute atomic E-state index is 0.571. The Balaban J connectivity index is 1.84. The number of benzene rings is 2. The lowest BCUT2D eigenvalue weighted by Gasteiger charge is -2.04. The van der Waals surface area contributed by atoms with Gasteiger partial charge in [-0.2, -0.15) is 0 Å². The van der Waals surface area contributed by atoms with Gasteiger partial charge in [-0.05, 0) is 29.5 Å². The van der Waals surface area contributed by atoms with Crippen molar-refractivity contribution >= 4 is 11.7 Å². The van der Waals surface area contributed by atoms with Gasteiger partial charge < -0.3 is 5.11 Å². The average molecular weight is 265 g/mol. The summed E-state index contributed by atoms with van der Waals surface area (Å²) >= 11 is 0. The Morgan fingerprint density at radius 1 is 0.950 bits per heavy atom. The van der Waals surface area contributed by atoms with Crippen LogP contribution >= 0.6 is 0 Å². The van der Waals surface area contributed by atoms with E-state index in [1.807, 2.05) is 30.3 Å². The minimum atomic E-state index is -0.832. The van der Waals surface area contributed by atoms with E-state index in [2.05, 4.69) is 29.3 Å². The third kappa shape index (κ3) is 2.48. The number of hydrogen-bond acceptors (Lipinski definition) is 2. The van der Waals surface area contributed by atoms with E-state index in [-0.39, 0.29) is 0 Å². The van der Waals surface area contributed by atoms with Gasteiger partial charge >= 0.3 is 5.97 Å². The summed E-state index contributed by atoms with van der Waals surface area (Å²) in [6.45, 7) is 0. The first-order chi connectivity index (χ1) is 9.74. The highest BCUT2D eigenvalue weighted by atomic mass is 16.4. The van der Waals surface area contributed by atoms with Crippen molar-refractivity contribution in [3.8, 4) is 11.1 Å². The van der Waals surface area contributed by atoms with Gasteiger partial charge in [0.1, 0.15) is 6.04 Å². The zero-order chi connectivity index (χ0) is 13.9. The Bertz CT molecular complexity index is 644. The fraction of sp³-hybridized carbons (Fsp3) is 0.176. The Labute approximate surface area is 117 Å². The van der Waals surface area contributed by atoms with Crippen molar-refractivity contribution in [3.63, 3.8) is 0 Å². The zero-order valence-electron chi connectivity index (χ0n) is 11.0. The predicted octanol–water partition coefficient (Wildman–Crippen LogP) is 3.39. The molecule has 3 heteroatoms. The standard InChI is InChI=1S/C17H15NO2/c19-17(20)16-11-10-15(18-16)14-8-6-13(7-9-14)12-4-2-1-3-5-12/h1-9,16H,10-11H2,(H,19,20). The molecule has 100 valence electrons.